The van der Waals surface area contributed by atoms with Crippen LogP contribution in [0.4, 0.5) is 15.9 Å². The van der Waals surface area contributed by atoms with Gasteiger partial charge in [-0.1, -0.05) is 18.2 Å². The summed E-state index contributed by atoms with van der Waals surface area (Å²) in [4.78, 5) is 20.5. The topological polar surface area (TPSA) is 66.9 Å². The Morgan fingerprint density at radius 1 is 1.00 bits per heavy atom. The lowest BCUT2D eigenvalue weighted by Crippen LogP contribution is -2.24. The van der Waals surface area contributed by atoms with E-state index in [9.17, 15) is 9.18 Å². The van der Waals surface area contributed by atoms with Crippen LogP contribution in [-0.2, 0) is 6.54 Å². The molecule has 0 aliphatic rings. The smallest absolute Gasteiger partial charge is 0.270 e. The molecule has 0 saturated carbocycles. The number of carbonyl (C=O) groups excluding carboxylic acids is 1. The van der Waals surface area contributed by atoms with E-state index in [2.05, 4.69) is 20.6 Å². The predicted molar refractivity (Wildman–Crippen MR) is 98.8 cm³/mol. The number of nitrogens with zero attached hydrogens (tertiary/aromatic N) is 2. The SMILES string of the molecule is Cc1ccc(Nc2cc(C(=O)NCc3ccc(F)cc3)ncn2)cc1C. The van der Waals surface area contributed by atoms with Gasteiger partial charge >= 0.3 is 0 Å². The largest absolute Gasteiger partial charge is 0.347 e. The van der Waals surface area contributed by atoms with Crippen molar-refractivity contribution >= 4 is 17.4 Å². The number of amides is 1. The Bertz CT molecular complexity index is 925. The number of carbonyl (C=O) groups is 1. The van der Waals surface area contributed by atoms with Crippen LogP contribution in [0.5, 0.6) is 0 Å². The summed E-state index contributed by atoms with van der Waals surface area (Å²) in [6.45, 7) is 4.38. The molecule has 0 unspecified atom stereocenters. The van der Waals surface area contributed by atoms with E-state index in [4.69, 9.17) is 0 Å². The summed E-state index contributed by atoms with van der Waals surface area (Å²) in [7, 11) is 0. The molecule has 0 saturated heterocycles. The number of halogens is 1. The molecule has 132 valence electrons. The summed E-state index contributed by atoms with van der Waals surface area (Å²) in [5, 5.41) is 5.94. The number of rotatable bonds is 5. The van der Waals surface area contributed by atoms with Crippen molar-refractivity contribution < 1.29 is 9.18 Å². The first-order valence-electron chi connectivity index (χ1n) is 8.20. The van der Waals surface area contributed by atoms with Crippen molar-refractivity contribution in [3.63, 3.8) is 0 Å². The second kappa shape index (κ2) is 7.74. The standard InChI is InChI=1S/C20H19FN4O/c1-13-3-8-17(9-14(13)2)25-19-10-18(23-12-24-19)20(26)22-11-15-4-6-16(21)7-5-15/h3-10,12H,11H2,1-2H3,(H,22,26)(H,23,24,25). The van der Waals surface area contributed by atoms with Crippen LogP contribution < -0.4 is 10.6 Å². The third-order valence-electron chi connectivity index (χ3n) is 4.05. The second-order valence-electron chi connectivity index (χ2n) is 6.02. The average Bonchev–Trinajstić information content (AvgIpc) is 2.64. The van der Waals surface area contributed by atoms with Crippen molar-refractivity contribution in [2.75, 3.05) is 5.32 Å². The maximum atomic E-state index is 12.9. The Morgan fingerprint density at radius 3 is 2.50 bits per heavy atom. The van der Waals surface area contributed by atoms with Crippen LogP contribution in [0, 0.1) is 19.7 Å². The molecule has 1 amide bonds. The van der Waals surface area contributed by atoms with Crippen molar-refractivity contribution in [2.24, 2.45) is 0 Å². The number of nitrogens with one attached hydrogen (secondary N) is 2. The molecule has 0 bridgehead atoms. The van der Waals surface area contributed by atoms with Crippen LogP contribution in [0.3, 0.4) is 0 Å². The van der Waals surface area contributed by atoms with Gasteiger partial charge in [-0.3, -0.25) is 4.79 Å². The molecule has 0 aliphatic carbocycles. The normalized spacial score (nSPS) is 10.4. The summed E-state index contributed by atoms with van der Waals surface area (Å²) >= 11 is 0. The fraction of sp³-hybridized carbons (Fsp3) is 0.150. The van der Waals surface area contributed by atoms with Gasteiger partial charge in [-0.2, -0.15) is 0 Å². The molecule has 0 aliphatic heterocycles. The van der Waals surface area contributed by atoms with Crippen LogP contribution in [0.15, 0.2) is 54.9 Å². The number of anilines is 2. The summed E-state index contributed by atoms with van der Waals surface area (Å²) in [5.41, 5.74) is 4.33. The third kappa shape index (κ3) is 4.42. The van der Waals surface area contributed by atoms with Gasteiger partial charge < -0.3 is 10.6 Å². The zero-order valence-corrected chi connectivity index (χ0v) is 14.6. The minimum absolute atomic E-state index is 0.258. The van der Waals surface area contributed by atoms with Crippen LogP contribution in [0.1, 0.15) is 27.2 Å². The lowest BCUT2D eigenvalue weighted by molar-refractivity contribution is 0.0946. The minimum Gasteiger partial charge on any atom is -0.347 e. The molecular weight excluding hydrogens is 331 g/mol. The van der Waals surface area contributed by atoms with Gasteiger partial charge in [-0.25, -0.2) is 14.4 Å². The van der Waals surface area contributed by atoms with Gasteiger partial charge in [-0.15, -0.1) is 0 Å². The van der Waals surface area contributed by atoms with Gasteiger partial charge in [0.15, 0.2) is 0 Å². The fourth-order valence-electron chi connectivity index (χ4n) is 2.39. The Kier molecular flexibility index (Phi) is 5.22. The van der Waals surface area contributed by atoms with Crippen molar-refractivity contribution in [1.82, 2.24) is 15.3 Å². The van der Waals surface area contributed by atoms with Crippen molar-refractivity contribution in [1.29, 1.82) is 0 Å². The Balaban J connectivity index is 1.66. The van der Waals surface area contributed by atoms with Gasteiger partial charge in [0, 0.05) is 18.3 Å². The van der Waals surface area contributed by atoms with Crippen LogP contribution >= 0.6 is 0 Å². The third-order valence-corrected chi connectivity index (χ3v) is 4.05. The molecule has 1 aromatic heterocycles. The number of benzene rings is 2. The molecule has 2 N–H and O–H groups in total. The predicted octanol–water partition coefficient (Wildman–Crippen LogP) is 3.91. The summed E-state index contributed by atoms with van der Waals surface area (Å²) < 4.78 is 12.9. The quantitative estimate of drug-likeness (QED) is 0.732. The lowest BCUT2D eigenvalue weighted by Gasteiger charge is -2.09. The van der Waals surface area contributed by atoms with Crippen molar-refractivity contribution in [3.05, 3.63) is 83.1 Å². The molecule has 0 atom stereocenters. The summed E-state index contributed by atoms with van der Waals surface area (Å²) in [5.74, 6) is -0.0898. The van der Waals surface area contributed by atoms with E-state index in [1.54, 1.807) is 18.2 Å². The van der Waals surface area contributed by atoms with Crippen LogP contribution in [0.25, 0.3) is 0 Å². The molecule has 0 radical (unpaired) electrons. The number of aryl methyl sites for hydroxylation is 2. The monoisotopic (exact) mass is 350 g/mol. The molecule has 3 rings (SSSR count). The molecule has 2 aromatic carbocycles. The van der Waals surface area contributed by atoms with Gasteiger partial charge in [0.05, 0.1) is 0 Å². The van der Waals surface area contributed by atoms with Gasteiger partial charge in [0.25, 0.3) is 5.91 Å². The van der Waals surface area contributed by atoms with Crippen LogP contribution in [-0.4, -0.2) is 15.9 Å². The average molecular weight is 350 g/mol. The first-order valence-corrected chi connectivity index (χ1v) is 8.20. The molecule has 0 spiro atoms. The fourth-order valence-corrected chi connectivity index (χ4v) is 2.39. The molecular formula is C20H19FN4O. The first-order chi connectivity index (χ1) is 12.5. The second-order valence-corrected chi connectivity index (χ2v) is 6.02. The molecule has 0 fully saturated rings. The highest BCUT2D eigenvalue weighted by atomic mass is 19.1. The Hall–Kier alpha value is -3.28. The number of hydrogen-bond donors (Lipinski definition) is 2. The zero-order chi connectivity index (χ0) is 18.5. The highest BCUT2D eigenvalue weighted by Gasteiger charge is 2.09. The molecule has 5 nitrogen and oxygen atoms in total. The van der Waals surface area contributed by atoms with E-state index in [0.29, 0.717) is 12.4 Å². The van der Waals surface area contributed by atoms with E-state index < -0.39 is 0 Å². The van der Waals surface area contributed by atoms with Crippen molar-refractivity contribution in [3.8, 4) is 0 Å². The highest BCUT2D eigenvalue weighted by molar-refractivity contribution is 5.92. The van der Waals surface area contributed by atoms with E-state index >= 15 is 0 Å². The molecule has 6 heteroatoms. The van der Waals surface area contributed by atoms with Gasteiger partial charge in [-0.05, 0) is 54.8 Å². The maximum absolute atomic E-state index is 12.9. The summed E-state index contributed by atoms with van der Waals surface area (Å²) in [6, 6.07) is 13.6. The first kappa shape index (κ1) is 17.5. The Morgan fingerprint density at radius 2 is 1.77 bits per heavy atom. The van der Waals surface area contributed by atoms with Gasteiger partial charge in [0.2, 0.25) is 0 Å². The van der Waals surface area contributed by atoms with E-state index in [-0.39, 0.29) is 17.4 Å². The van der Waals surface area contributed by atoms with E-state index in [0.717, 1.165) is 11.3 Å². The molecule has 3 aromatic rings. The lowest BCUT2D eigenvalue weighted by atomic mass is 10.1. The maximum Gasteiger partial charge on any atom is 0.270 e. The summed E-state index contributed by atoms with van der Waals surface area (Å²) in [6.07, 6.45) is 1.34. The molecule has 26 heavy (non-hydrogen) atoms. The molecule has 1 heterocycles. The zero-order valence-electron chi connectivity index (χ0n) is 14.6. The Labute approximate surface area is 151 Å². The van der Waals surface area contributed by atoms with E-state index in [1.165, 1.54) is 29.6 Å². The number of hydrogen-bond acceptors (Lipinski definition) is 4. The van der Waals surface area contributed by atoms with Crippen LogP contribution in [0.2, 0.25) is 0 Å². The van der Waals surface area contributed by atoms with Crippen molar-refractivity contribution in [2.45, 2.75) is 20.4 Å². The van der Waals surface area contributed by atoms with E-state index in [1.807, 2.05) is 32.0 Å². The van der Waals surface area contributed by atoms with Gasteiger partial charge in [0.1, 0.15) is 23.7 Å². The minimum atomic E-state index is -0.320. The highest BCUT2D eigenvalue weighted by Crippen LogP contribution is 2.18. The number of aromatic nitrogens is 2.